The van der Waals surface area contributed by atoms with E-state index in [2.05, 4.69) is 187 Å². The molecule has 2 heteroatoms. The Morgan fingerprint density at radius 1 is 0.320 bits per heavy atom. The fraction of sp³-hybridized carbons (Fsp3) is 0. The fourth-order valence-corrected chi connectivity index (χ4v) is 7.61. The summed E-state index contributed by atoms with van der Waals surface area (Å²) < 4.78 is 6.72. The Kier molecular flexibility index (Phi) is 6.53. The lowest BCUT2D eigenvalue weighted by atomic mass is 9.98. The summed E-state index contributed by atoms with van der Waals surface area (Å²) in [5.74, 6) is 0. The molecule has 0 aliphatic carbocycles. The minimum atomic E-state index is 0.865. The van der Waals surface area contributed by atoms with Gasteiger partial charge in [-0.2, -0.15) is 0 Å². The third-order valence-electron chi connectivity index (χ3n) is 10.0. The van der Waals surface area contributed by atoms with Crippen molar-refractivity contribution in [3.05, 3.63) is 188 Å². The van der Waals surface area contributed by atoms with Gasteiger partial charge in [-0.25, -0.2) is 0 Å². The van der Waals surface area contributed by atoms with Crippen LogP contribution in [-0.4, -0.2) is 0 Å². The average Bonchev–Trinajstić information content (AvgIpc) is 3.56. The van der Waals surface area contributed by atoms with E-state index in [1.165, 1.54) is 43.4 Å². The third kappa shape index (κ3) is 4.65. The van der Waals surface area contributed by atoms with Crippen LogP contribution in [-0.2, 0) is 0 Å². The molecule has 0 saturated heterocycles. The number of hydrogen-bond acceptors (Lipinski definition) is 2. The zero-order chi connectivity index (χ0) is 33.0. The maximum Gasteiger partial charge on any atom is 0.143 e. The molecule has 1 heterocycles. The van der Waals surface area contributed by atoms with Gasteiger partial charge in [0.05, 0.1) is 0 Å². The zero-order valence-corrected chi connectivity index (χ0v) is 27.3. The van der Waals surface area contributed by atoms with E-state index in [4.69, 9.17) is 4.42 Å². The number of anilines is 3. The Bertz CT molecular complexity index is 2860. The predicted octanol–water partition coefficient (Wildman–Crippen LogP) is 13.8. The van der Waals surface area contributed by atoms with Gasteiger partial charge in [0, 0.05) is 39.5 Å². The van der Waals surface area contributed by atoms with Crippen LogP contribution in [0.25, 0.3) is 76.5 Å². The van der Waals surface area contributed by atoms with Crippen molar-refractivity contribution in [2.45, 2.75) is 0 Å². The molecule has 0 aliphatic rings. The smallest absolute Gasteiger partial charge is 0.143 e. The van der Waals surface area contributed by atoms with E-state index in [-0.39, 0.29) is 0 Å². The normalized spacial score (nSPS) is 11.6. The molecule has 0 amide bonds. The van der Waals surface area contributed by atoms with Crippen LogP contribution in [0, 0.1) is 0 Å². The molecule has 2 nitrogen and oxygen atoms in total. The van der Waals surface area contributed by atoms with Crippen LogP contribution in [0.5, 0.6) is 0 Å². The molecule has 0 N–H and O–H groups in total. The van der Waals surface area contributed by atoms with Crippen molar-refractivity contribution in [3.63, 3.8) is 0 Å². The second-order valence-corrected chi connectivity index (χ2v) is 12.9. The molecule has 0 unspecified atom stereocenters. The first kappa shape index (κ1) is 28.4. The largest absolute Gasteiger partial charge is 0.455 e. The minimum absolute atomic E-state index is 0.865. The van der Waals surface area contributed by atoms with Crippen LogP contribution in [0.2, 0.25) is 0 Å². The summed E-state index contributed by atoms with van der Waals surface area (Å²) in [6, 6.07) is 67.4. The quantitative estimate of drug-likeness (QED) is 0.175. The van der Waals surface area contributed by atoms with Crippen LogP contribution in [0.15, 0.2) is 192 Å². The first-order chi connectivity index (χ1) is 24.8. The lowest BCUT2D eigenvalue weighted by Crippen LogP contribution is -2.09. The third-order valence-corrected chi connectivity index (χ3v) is 10.0. The highest BCUT2D eigenvalue weighted by Gasteiger charge is 2.18. The first-order valence-corrected chi connectivity index (χ1v) is 17.1. The number of benzene rings is 9. The summed E-state index contributed by atoms with van der Waals surface area (Å²) >= 11 is 0. The molecule has 1 aromatic heterocycles. The van der Waals surface area contributed by atoms with Gasteiger partial charge < -0.3 is 9.32 Å². The van der Waals surface area contributed by atoms with Crippen molar-refractivity contribution in [3.8, 4) is 22.3 Å². The van der Waals surface area contributed by atoms with E-state index in [1.54, 1.807) is 0 Å². The summed E-state index contributed by atoms with van der Waals surface area (Å²) in [4.78, 5) is 2.35. The zero-order valence-electron chi connectivity index (χ0n) is 27.3. The molecule has 10 rings (SSSR count). The highest BCUT2D eigenvalue weighted by Crippen LogP contribution is 2.42. The van der Waals surface area contributed by atoms with Gasteiger partial charge in [-0.05, 0) is 85.4 Å². The van der Waals surface area contributed by atoms with E-state index in [0.717, 1.165) is 50.1 Å². The minimum Gasteiger partial charge on any atom is -0.455 e. The average molecular weight is 638 g/mol. The molecule has 50 heavy (non-hydrogen) atoms. The van der Waals surface area contributed by atoms with Crippen molar-refractivity contribution >= 4 is 71.3 Å². The van der Waals surface area contributed by atoms with Gasteiger partial charge in [-0.3, -0.25) is 0 Å². The molecular formula is C48H31NO. The highest BCUT2D eigenvalue weighted by molar-refractivity contribution is 6.11. The van der Waals surface area contributed by atoms with Crippen LogP contribution in [0.3, 0.4) is 0 Å². The first-order valence-electron chi connectivity index (χ1n) is 17.1. The molecule has 0 bridgehead atoms. The Morgan fingerprint density at radius 3 is 1.72 bits per heavy atom. The molecule has 0 aliphatic heterocycles. The van der Waals surface area contributed by atoms with E-state index in [9.17, 15) is 0 Å². The number of hydrogen-bond donors (Lipinski definition) is 0. The maximum atomic E-state index is 6.72. The number of para-hydroxylation sites is 1. The van der Waals surface area contributed by atoms with E-state index in [1.807, 2.05) is 6.07 Å². The van der Waals surface area contributed by atoms with Gasteiger partial charge in [0.2, 0.25) is 0 Å². The Labute approximate surface area is 290 Å². The summed E-state index contributed by atoms with van der Waals surface area (Å²) in [5, 5.41) is 9.67. The van der Waals surface area contributed by atoms with Gasteiger partial charge >= 0.3 is 0 Å². The Morgan fingerprint density at radius 2 is 0.880 bits per heavy atom. The second-order valence-electron chi connectivity index (χ2n) is 12.9. The maximum absolute atomic E-state index is 6.72. The molecule has 0 saturated carbocycles. The molecule has 0 spiro atoms. The van der Waals surface area contributed by atoms with Gasteiger partial charge in [0.15, 0.2) is 0 Å². The predicted molar refractivity (Wildman–Crippen MR) is 212 cm³/mol. The summed E-state index contributed by atoms with van der Waals surface area (Å²) in [6.07, 6.45) is 0. The standard InChI is InChI=1S/C48H31NO/c1-2-10-33(11-3-1)43-18-9-19-45-44-29-28-39(31-47(44)50-48(43)45)49(38-27-24-36-21-20-34-13-5-7-16-42(34)46(36)30-38)37-25-22-35(23-26-37)41-17-8-14-32-12-4-6-15-40(32)41/h1-31H. The summed E-state index contributed by atoms with van der Waals surface area (Å²) in [7, 11) is 0. The van der Waals surface area contributed by atoms with Gasteiger partial charge in [-0.1, -0.05) is 146 Å². The van der Waals surface area contributed by atoms with Gasteiger partial charge in [0.25, 0.3) is 0 Å². The van der Waals surface area contributed by atoms with Crippen molar-refractivity contribution in [2.75, 3.05) is 4.90 Å². The van der Waals surface area contributed by atoms with Crippen LogP contribution >= 0.6 is 0 Å². The second kappa shape index (κ2) is 11.5. The molecule has 234 valence electrons. The molecule has 0 atom stereocenters. The molecule has 9 aromatic carbocycles. The van der Waals surface area contributed by atoms with E-state index >= 15 is 0 Å². The van der Waals surface area contributed by atoms with Crippen LogP contribution < -0.4 is 4.90 Å². The summed E-state index contributed by atoms with van der Waals surface area (Å²) in [5.41, 5.74) is 9.65. The Hall–Kier alpha value is -6.64. The van der Waals surface area contributed by atoms with Crippen LogP contribution in [0.4, 0.5) is 17.1 Å². The fourth-order valence-electron chi connectivity index (χ4n) is 7.61. The SMILES string of the molecule is c1ccc(-c2cccc3c2oc2cc(N(c4ccc(-c5cccc6ccccc56)cc4)c4ccc5ccc6ccccc6c5c4)ccc23)cc1. The van der Waals surface area contributed by atoms with E-state index < -0.39 is 0 Å². The molecule has 0 fully saturated rings. The van der Waals surface area contributed by atoms with Crippen molar-refractivity contribution in [1.29, 1.82) is 0 Å². The van der Waals surface area contributed by atoms with Crippen molar-refractivity contribution in [1.82, 2.24) is 0 Å². The lowest BCUT2D eigenvalue weighted by molar-refractivity contribution is 0.670. The molecule has 0 radical (unpaired) electrons. The topological polar surface area (TPSA) is 16.4 Å². The van der Waals surface area contributed by atoms with Crippen LogP contribution in [0.1, 0.15) is 0 Å². The lowest BCUT2D eigenvalue weighted by Gasteiger charge is -2.26. The highest BCUT2D eigenvalue weighted by atomic mass is 16.3. The number of rotatable bonds is 5. The number of furan rings is 1. The van der Waals surface area contributed by atoms with Gasteiger partial charge in [-0.15, -0.1) is 0 Å². The molecular weight excluding hydrogens is 607 g/mol. The van der Waals surface area contributed by atoms with Crippen molar-refractivity contribution < 1.29 is 4.42 Å². The summed E-state index contributed by atoms with van der Waals surface area (Å²) in [6.45, 7) is 0. The molecule has 10 aromatic rings. The van der Waals surface area contributed by atoms with Crippen molar-refractivity contribution in [2.24, 2.45) is 0 Å². The van der Waals surface area contributed by atoms with Gasteiger partial charge in [0.1, 0.15) is 11.2 Å². The number of nitrogens with zero attached hydrogens (tertiary/aromatic N) is 1. The number of fused-ring (bicyclic) bond motifs is 7. The monoisotopic (exact) mass is 637 g/mol. The Balaban J connectivity index is 1.16. The van der Waals surface area contributed by atoms with E-state index in [0.29, 0.717) is 0 Å².